The van der Waals surface area contributed by atoms with Crippen molar-refractivity contribution in [2.24, 2.45) is 0 Å². The molecule has 5 aromatic rings. The van der Waals surface area contributed by atoms with Crippen LogP contribution in [0, 0.1) is 0 Å². The summed E-state index contributed by atoms with van der Waals surface area (Å²) in [4.78, 5) is 21.3. The number of fused-ring (bicyclic) bond motifs is 1. The Hall–Kier alpha value is -4.47. The van der Waals surface area contributed by atoms with Crippen LogP contribution in [-0.4, -0.2) is 13.8 Å². The van der Waals surface area contributed by atoms with Gasteiger partial charge in [-0.15, -0.1) is 0 Å². The minimum Gasteiger partial charge on any atom is -0.348 e. The summed E-state index contributed by atoms with van der Waals surface area (Å²) in [6.45, 7) is 5.50. The fraction of sp³-hybridized carbons (Fsp3) is 0.0690. The molecule has 5 N–H and O–H groups in total. The second-order valence-electron chi connectivity index (χ2n) is 8.81. The Morgan fingerprint density at radius 2 is 1.87 bits per heavy atom. The largest absolute Gasteiger partial charge is 0.388 e. The van der Waals surface area contributed by atoms with Gasteiger partial charge in [-0.05, 0) is 54.3 Å². The van der Waals surface area contributed by atoms with Crippen LogP contribution in [-0.2, 0) is 11.0 Å². The summed E-state index contributed by atoms with van der Waals surface area (Å²) in [6, 6.07) is 23.9. The maximum atomic E-state index is 13.8. The average molecular weight is 558 g/mol. The lowest BCUT2D eigenvalue weighted by atomic mass is 10.1. The number of aromatic nitrogens is 3. The van der Waals surface area contributed by atoms with E-state index in [9.17, 15) is 9.00 Å². The number of para-hydroxylation sites is 1. The Labute approximate surface area is 232 Å². The Kier molecular flexibility index (Phi) is 7.44. The number of halogens is 1. The van der Waals surface area contributed by atoms with Gasteiger partial charge < -0.3 is 10.0 Å². The zero-order valence-electron chi connectivity index (χ0n) is 21.0. The highest BCUT2D eigenvalue weighted by Gasteiger charge is 2.21. The van der Waals surface area contributed by atoms with Crippen molar-refractivity contribution in [3.05, 3.63) is 118 Å². The molecule has 8 nitrogen and oxygen atoms in total. The van der Waals surface area contributed by atoms with Crippen molar-refractivity contribution < 1.29 is 9.19 Å². The monoisotopic (exact) mass is 557 g/mol. The lowest BCUT2D eigenvalue weighted by Crippen LogP contribution is -2.26. The molecule has 2 atom stereocenters. The molecule has 2 aromatic heterocycles. The van der Waals surface area contributed by atoms with E-state index >= 15 is 0 Å². The zero-order valence-corrected chi connectivity index (χ0v) is 22.6. The normalized spacial score (nSPS) is 12.6. The first-order valence-electron chi connectivity index (χ1n) is 12.1. The molecule has 0 spiro atoms. The molecule has 3 aromatic carbocycles. The second kappa shape index (κ2) is 11.1. The van der Waals surface area contributed by atoms with Crippen molar-refractivity contribution in [3.63, 3.8) is 0 Å². The van der Waals surface area contributed by atoms with Gasteiger partial charge in [-0.2, -0.15) is 0 Å². The fourth-order valence-electron chi connectivity index (χ4n) is 4.45. The van der Waals surface area contributed by atoms with E-state index in [1.165, 1.54) is 5.41 Å². The van der Waals surface area contributed by atoms with E-state index in [1.807, 2.05) is 79.7 Å². The van der Waals surface area contributed by atoms with Gasteiger partial charge in [-0.1, -0.05) is 65.6 Å². The SMILES string of the molecule is C=CS(=O)Nc1cccc(-c2c[nH+]c(N)nc2NC(C)c2cc3cccc(Cl)c3c(=O)n2-c2ccccc2)c1. The molecule has 0 aliphatic rings. The molecule has 0 saturated heterocycles. The second-order valence-corrected chi connectivity index (χ2v) is 10.3. The van der Waals surface area contributed by atoms with E-state index in [-0.39, 0.29) is 17.5 Å². The van der Waals surface area contributed by atoms with Gasteiger partial charge in [0.2, 0.25) is 5.82 Å². The molecule has 196 valence electrons. The molecule has 0 fully saturated rings. The Morgan fingerprint density at radius 3 is 2.64 bits per heavy atom. The molecule has 2 unspecified atom stereocenters. The zero-order chi connectivity index (χ0) is 27.5. The first-order chi connectivity index (χ1) is 18.9. The van der Waals surface area contributed by atoms with Crippen LogP contribution < -0.4 is 26.3 Å². The Balaban J connectivity index is 1.61. The Morgan fingerprint density at radius 1 is 1.10 bits per heavy atom. The van der Waals surface area contributed by atoms with Crippen molar-refractivity contribution in [2.75, 3.05) is 15.8 Å². The number of anilines is 3. The van der Waals surface area contributed by atoms with Crippen molar-refractivity contribution >= 4 is 50.8 Å². The molecular formula is C29H26ClN6O2S+. The highest BCUT2D eigenvalue weighted by Crippen LogP contribution is 2.32. The molecule has 0 radical (unpaired) electrons. The van der Waals surface area contributed by atoms with Crippen LogP contribution in [0.25, 0.3) is 27.6 Å². The third kappa shape index (κ3) is 5.41. The summed E-state index contributed by atoms with van der Waals surface area (Å²) in [7, 11) is -1.41. The van der Waals surface area contributed by atoms with E-state index in [0.29, 0.717) is 21.9 Å². The molecule has 0 bridgehead atoms. The standard InChI is InChI=1S/C29H25ClN6O2S/c1-3-39(38)35-21-11-7-9-19(15-21)23-17-32-29(31)34-27(23)33-18(2)25-16-20-10-8-14-24(30)26(20)28(37)36(25)22-12-5-4-6-13-22/h3-18,35H,1H2,2H3,(H3,31,32,33,34)/p+1. The number of nitrogens with two attached hydrogens (primary N) is 1. The number of nitrogens with one attached hydrogen (secondary N) is 3. The van der Waals surface area contributed by atoms with Crippen molar-refractivity contribution in [3.8, 4) is 16.8 Å². The molecule has 10 heteroatoms. The molecular weight excluding hydrogens is 532 g/mol. The van der Waals surface area contributed by atoms with Crippen LogP contribution in [0.4, 0.5) is 17.5 Å². The predicted octanol–water partition coefficient (Wildman–Crippen LogP) is 5.49. The molecule has 0 aliphatic heterocycles. The smallest absolute Gasteiger partial charge is 0.348 e. The van der Waals surface area contributed by atoms with Crippen LogP contribution in [0.1, 0.15) is 18.7 Å². The third-order valence-corrected chi connectivity index (χ3v) is 7.29. The summed E-state index contributed by atoms with van der Waals surface area (Å²) in [6.07, 6.45) is 1.76. The number of H-pyrrole nitrogens is 1. The quantitative estimate of drug-likeness (QED) is 0.233. The first-order valence-corrected chi connectivity index (χ1v) is 13.7. The molecule has 0 aliphatic carbocycles. The predicted molar refractivity (Wildman–Crippen MR) is 159 cm³/mol. The maximum Gasteiger partial charge on any atom is 0.388 e. The maximum absolute atomic E-state index is 13.8. The Bertz CT molecular complexity index is 1770. The number of nitrogens with zero attached hydrogens (tertiary/aromatic N) is 2. The molecule has 39 heavy (non-hydrogen) atoms. The number of aromatic amines is 1. The van der Waals surface area contributed by atoms with Gasteiger partial charge >= 0.3 is 5.95 Å². The van der Waals surface area contributed by atoms with Crippen LogP contribution in [0.15, 0.2) is 102 Å². The fourth-order valence-corrected chi connectivity index (χ4v) is 5.15. The summed E-state index contributed by atoms with van der Waals surface area (Å²) in [5.41, 5.74) is 9.46. The van der Waals surface area contributed by atoms with Crippen molar-refractivity contribution in [1.82, 2.24) is 9.55 Å². The highest BCUT2D eigenvalue weighted by atomic mass is 35.5. The van der Waals surface area contributed by atoms with E-state index < -0.39 is 11.0 Å². The number of rotatable bonds is 8. The van der Waals surface area contributed by atoms with Gasteiger partial charge in [0, 0.05) is 22.5 Å². The molecule has 5 rings (SSSR count). The summed E-state index contributed by atoms with van der Waals surface area (Å²) in [5.74, 6) is 0.736. The van der Waals surface area contributed by atoms with Crippen molar-refractivity contribution in [2.45, 2.75) is 13.0 Å². The topological polar surface area (TPSA) is 116 Å². The summed E-state index contributed by atoms with van der Waals surface area (Å²) >= 11 is 6.46. The van der Waals surface area contributed by atoms with Gasteiger partial charge in [-0.25, -0.2) is 9.19 Å². The summed E-state index contributed by atoms with van der Waals surface area (Å²) in [5, 5.41) is 6.37. The highest BCUT2D eigenvalue weighted by molar-refractivity contribution is 7.89. The number of pyridine rings is 1. The van der Waals surface area contributed by atoms with Gasteiger partial charge in [-0.3, -0.25) is 15.1 Å². The third-order valence-electron chi connectivity index (χ3n) is 6.23. The minimum absolute atomic E-state index is 0.212. The molecule has 2 heterocycles. The van der Waals surface area contributed by atoms with E-state index in [4.69, 9.17) is 17.3 Å². The van der Waals surface area contributed by atoms with Gasteiger partial charge in [0.15, 0.2) is 0 Å². The van der Waals surface area contributed by atoms with Crippen LogP contribution >= 0.6 is 11.6 Å². The van der Waals surface area contributed by atoms with Crippen molar-refractivity contribution in [1.29, 1.82) is 0 Å². The van der Waals surface area contributed by atoms with Crippen LogP contribution in [0.5, 0.6) is 0 Å². The number of benzene rings is 3. The number of hydrogen-bond donors (Lipinski definition) is 3. The van der Waals surface area contributed by atoms with Gasteiger partial charge in [0.25, 0.3) is 5.56 Å². The number of nitrogen functional groups attached to an aromatic ring is 1. The minimum atomic E-state index is -1.41. The first kappa shape index (κ1) is 26.1. The van der Waals surface area contributed by atoms with E-state index in [0.717, 1.165) is 27.9 Å². The van der Waals surface area contributed by atoms with E-state index in [1.54, 1.807) is 16.8 Å². The average Bonchev–Trinajstić information content (AvgIpc) is 2.93. The van der Waals surface area contributed by atoms with Gasteiger partial charge in [0.05, 0.1) is 28.2 Å². The van der Waals surface area contributed by atoms with Crippen LogP contribution in [0.3, 0.4) is 0 Å². The summed E-state index contributed by atoms with van der Waals surface area (Å²) < 4.78 is 16.5. The molecule has 0 amide bonds. The van der Waals surface area contributed by atoms with Gasteiger partial charge in [0.1, 0.15) is 11.0 Å². The van der Waals surface area contributed by atoms with E-state index in [2.05, 4.69) is 26.6 Å². The lowest BCUT2D eigenvalue weighted by molar-refractivity contribution is -0.363. The van der Waals surface area contributed by atoms with Crippen LogP contribution in [0.2, 0.25) is 5.02 Å². The number of hydrogen-bond acceptors (Lipinski definition) is 5. The lowest BCUT2D eigenvalue weighted by Gasteiger charge is -2.21. The molecule has 0 saturated carbocycles.